The average Bonchev–Trinajstić information content (AvgIpc) is 3.74. The van der Waals surface area contributed by atoms with Gasteiger partial charge in [0.2, 0.25) is 0 Å². The van der Waals surface area contributed by atoms with E-state index in [-0.39, 0.29) is 35.6 Å². The number of likely N-dealkylation sites (tertiary alicyclic amines) is 1. The highest BCUT2D eigenvalue weighted by Gasteiger charge is 2.32. The Balaban J connectivity index is 1.04. The van der Waals surface area contributed by atoms with Gasteiger partial charge in [0.25, 0.3) is 0 Å². The number of fused-ring (bicyclic) bond motifs is 2. The molecule has 1 aliphatic carbocycles. The standard InChI is InChI=1S/C41H50N8O4/c1-26-12-14-28(15-13-26)49-36(24-34(46-49)40(2,3)4)43-38(50)42-32-17-18-33(31-11-9-8-10-30(31)32)52-29-16-19-35-44-45-37(48(35)25-29)27-20-22-47(23-21-27)39(51)53-41(5,6)7/h8-16,19,24-25,27,32-33H,17-18,20-23H2,1-7H3,(H2,42,43,50)/t32-,33+/m0/s1. The van der Waals surface area contributed by atoms with E-state index in [1.165, 1.54) is 0 Å². The van der Waals surface area contributed by atoms with Crippen molar-refractivity contribution in [2.24, 2.45) is 0 Å². The SMILES string of the molecule is Cc1ccc(-n2nc(C(C)(C)C)cc2NC(=O)N[C@H]2CC[C@@H](Oc3ccc4nnc(C5CCN(C(=O)OC(C)(C)C)CC5)n4c3)c3ccccc32)cc1. The molecule has 2 N–H and O–H groups in total. The van der Waals surface area contributed by atoms with E-state index >= 15 is 0 Å². The highest BCUT2D eigenvalue weighted by atomic mass is 16.6. The zero-order chi connectivity index (χ0) is 37.5. The number of carbonyl (C=O) groups excluding carboxylic acids is 2. The lowest BCUT2D eigenvalue weighted by Gasteiger charge is -2.33. The van der Waals surface area contributed by atoms with Crippen molar-refractivity contribution in [3.8, 4) is 11.4 Å². The molecule has 278 valence electrons. The van der Waals surface area contributed by atoms with E-state index in [0.29, 0.717) is 37.5 Å². The number of nitrogens with one attached hydrogen (secondary N) is 2. The van der Waals surface area contributed by atoms with Gasteiger partial charge in [0.1, 0.15) is 29.1 Å². The molecule has 5 aromatic rings. The van der Waals surface area contributed by atoms with Crippen molar-refractivity contribution in [3.05, 3.63) is 101 Å². The number of carbonyl (C=O) groups is 2. The first kappa shape index (κ1) is 36.0. The van der Waals surface area contributed by atoms with Gasteiger partial charge in [-0.05, 0) is 88.8 Å². The number of aromatic nitrogens is 5. The third kappa shape index (κ3) is 8.01. The van der Waals surface area contributed by atoms with Gasteiger partial charge in [-0.3, -0.25) is 9.72 Å². The Morgan fingerprint density at radius 1 is 0.849 bits per heavy atom. The summed E-state index contributed by atoms with van der Waals surface area (Å²) >= 11 is 0. The van der Waals surface area contributed by atoms with Crippen LogP contribution in [0.2, 0.25) is 0 Å². The van der Waals surface area contributed by atoms with Crippen LogP contribution in [0.15, 0.2) is 72.9 Å². The number of ether oxygens (including phenoxy) is 2. The molecule has 1 aliphatic heterocycles. The Labute approximate surface area is 310 Å². The largest absolute Gasteiger partial charge is 0.484 e. The molecule has 0 spiro atoms. The minimum atomic E-state index is -0.525. The van der Waals surface area contributed by atoms with Crippen molar-refractivity contribution in [3.63, 3.8) is 0 Å². The van der Waals surface area contributed by atoms with Gasteiger partial charge in [-0.15, -0.1) is 10.2 Å². The topological polar surface area (TPSA) is 128 Å². The summed E-state index contributed by atoms with van der Waals surface area (Å²) in [6.07, 6.45) is 4.46. The number of benzene rings is 2. The molecule has 3 aromatic heterocycles. The van der Waals surface area contributed by atoms with Crippen LogP contribution in [0.4, 0.5) is 15.4 Å². The van der Waals surface area contributed by atoms with Crippen LogP contribution in [-0.4, -0.2) is 60.1 Å². The minimum Gasteiger partial charge on any atom is -0.484 e. The predicted octanol–water partition coefficient (Wildman–Crippen LogP) is 8.41. The van der Waals surface area contributed by atoms with Gasteiger partial charge in [0, 0.05) is 30.5 Å². The lowest BCUT2D eigenvalue weighted by molar-refractivity contribution is 0.0203. The molecule has 0 saturated carbocycles. The molecule has 1 fully saturated rings. The number of nitrogens with zero attached hydrogens (tertiary/aromatic N) is 6. The molecule has 2 aromatic carbocycles. The molecular weight excluding hydrogens is 669 g/mol. The quantitative estimate of drug-likeness (QED) is 0.180. The summed E-state index contributed by atoms with van der Waals surface area (Å²) < 4.78 is 16.1. The maximum Gasteiger partial charge on any atom is 0.410 e. The number of anilines is 1. The second-order valence-corrected chi connectivity index (χ2v) is 16.3. The molecule has 12 nitrogen and oxygen atoms in total. The van der Waals surface area contributed by atoms with E-state index in [4.69, 9.17) is 14.6 Å². The van der Waals surface area contributed by atoms with Gasteiger partial charge < -0.3 is 19.7 Å². The molecule has 0 unspecified atom stereocenters. The first-order valence-corrected chi connectivity index (χ1v) is 18.5. The smallest absolute Gasteiger partial charge is 0.410 e. The molecule has 0 bridgehead atoms. The van der Waals surface area contributed by atoms with E-state index in [1.807, 2.05) is 92.9 Å². The summed E-state index contributed by atoms with van der Waals surface area (Å²) in [5.74, 6) is 2.35. The number of amides is 3. The highest BCUT2D eigenvalue weighted by molar-refractivity contribution is 5.89. The van der Waals surface area contributed by atoms with Crippen LogP contribution >= 0.6 is 0 Å². The van der Waals surface area contributed by atoms with Crippen molar-refractivity contribution in [2.75, 3.05) is 18.4 Å². The molecule has 1 saturated heterocycles. The monoisotopic (exact) mass is 718 g/mol. The van der Waals surface area contributed by atoms with Gasteiger partial charge in [0.15, 0.2) is 5.65 Å². The normalized spacial score (nSPS) is 18.1. The number of aryl methyl sites for hydroxylation is 1. The summed E-state index contributed by atoms with van der Waals surface area (Å²) in [4.78, 5) is 28.0. The maximum atomic E-state index is 13.6. The van der Waals surface area contributed by atoms with Crippen molar-refractivity contribution in [2.45, 2.75) is 103 Å². The van der Waals surface area contributed by atoms with Crippen molar-refractivity contribution >= 4 is 23.6 Å². The molecule has 4 heterocycles. The van der Waals surface area contributed by atoms with Gasteiger partial charge >= 0.3 is 12.1 Å². The molecule has 53 heavy (non-hydrogen) atoms. The lowest BCUT2D eigenvalue weighted by Crippen LogP contribution is -2.41. The Morgan fingerprint density at radius 3 is 2.26 bits per heavy atom. The van der Waals surface area contributed by atoms with Crippen LogP contribution < -0.4 is 15.4 Å². The first-order valence-electron chi connectivity index (χ1n) is 18.5. The van der Waals surface area contributed by atoms with E-state index in [1.54, 1.807) is 9.58 Å². The minimum absolute atomic E-state index is 0.155. The van der Waals surface area contributed by atoms with Gasteiger partial charge in [0.05, 0.1) is 23.6 Å². The van der Waals surface area contributed by atoms with Crippen LogP contribution in [0.25, 0.3) is 11.3 Å². The fourth-order valence-corrected chi connectivity index (χ4v) is 7.10. The van der Waals surface area contributed by atoms with E-state index in [2.05, 4.69) is 53.7 Å². The maximum absolute atomic E-state index is 13.6. The molecule has 3 amide bonds. The molecule has 0 radical (unpaired) electrons. The molecular formula is C41H50N8O4. The Morgan fingerprint density at radius 2 is 1.57 bits per heavy atom. The van der Waals surface area contributed by atoms with Crippen LogP contribution in [0.3, 0.4) is 0 Å². The molecule has 7 rings (SSSR count). The van der Waals surface area contributed by atoms with Crippen molar-refractivity contribution in [1.29, 1.82) is 0 Å². The number of hydrogen-bond acceptors (Lipinski definition) is 7. The summed E-state index contributed by atoms with van der Waals surface area (Å²) in [6.45, 7) is 15.2. The Bertz CT molecular complexity index is 2100. The lowest BCUT2D eigenvalue weighted by atomic mass is 9.85. The number of piperidine rings is 1. The van der Waals surface area contributed by atoms with Crippen molar-refractivity contribution in [1.82, 2.24) is 34.6 Å². The summed E-state index contributed by atoms with van der Waals surface area (Å²) in [6, 6.07) is 21.6. The second kappa shape index (κ2) is 14.2. The van der Waals surface area contributed by atoms with Gasteiger partial charge in [-0.2, -0.15) is 5.10 Å². The Hall–Kier alpha value is -5.39. The number of hydrogen-bond donors (Lipinski definition) is 2. The fourth-order valence-electron chi connectivity index (χ4n) is 7.10. The molecule has 2 aliphatic rings. The van der Waals surface area contributed by atoms with Crippen LogP contribution in [0.1, 0.15) is 113 Å². The highest BCUT2D eigenvalue weighted by Crippen LogP contribution is 2.39. The van der Waals surface area contributed by atoms with E-state index in [9.17, 15) is 9.59 Å². The average molecular weight is 719 g/mol. The Kier molecular flexibility index (Phi) is 9.65. The summed E-state index contributed by atoms with van der Waals surface area (Å²) in [7, 11) is 0. The predicted molar refractivity (Wildman–Crippen MR) is 204 cm³/mol. The van der Waals surface area contributed by atoms with Crippen LogP contribution in [0, 0.1) is 6.92 Å². The number of urea groups is 1. The molecule has 12 heteroatoms. The number of pyridine rings is 1. The second-order valence-electron chi connectivity index (χ2n) is 16.3. The third-order valence-electron chi connectivity index (χ3n) is 9.93. The van der Waals surface area contributed by atoms with E-state index < -0.39 is 5.60 Å². The van der Waals surface area contributed by atoms with Crippen LogP contribution in [-0.2, 0) is 10.2 Å². The fraction of sp³-hybridized carbons (Fsp3) is 0.439. The van der Waals surface area contributed by atoms with Crippen molar-refractivity contribution < 1.29 is 19.1 Å². The molecule has 2 atom stereocenters. The zero-order valence-electron chi connectivity index (χ0n) is 31.7. The van der Waals surface area contributed by atoms with Gasteiger partial charge in [-0.1, -0.05) is 62.7 Å². The van der Waals surface area contributed by atoms with Gasteiger partial charge in [-0.25, -0.2) is 14.3 Å². The third-order valence-corrected chi connectivity index (χ3v) is 9.93. The van der Waals surface area contributed by atoms with E-state index in [0.717, 1.165) is 52.4 Å². The summed E-state index contributed by atoms with van der Waals surface area (Å²) in [5.41, 5.74) is 5.03. The zero-order valence-corrected chi connectivity index (χ0v) is 31.7. The first-order chi connectivity index (χ1) is 25.2. The number of rotatable bonds is 6. The van der Waals surface area contributed by atoms with Crippen LogP contribution in [0.5, 0.6) is 5.75 Å². The summed E-state index contributed by atoms with van der Waals surface area (Å²) in [5, 5.41) is 20.2.